The van der Waals surface area contributed by atoms with Crippen LogP contribution in [0.3, 0.4) is 0 Å². The summed E-state index contributed by atoms with van der Waals surface area (Å²) in [5.41, 5.74) is 0.250. The lowest BCUT2D eigenvalue weighted by atomic mass is 9.85. The van der Waals surface area contributed by atoms with Gasteiger partial charge in [-0.1, -0.05) is 6.42 Å². The molecule has 0 bridgehead atoms. The molecule has 0 amide bonds. The van der Waals surface area contributed by atoms with E-state index in [-0.39, 0.29) is 12.1 Å². The van der Waals surface area contributed by atoms with Crippen molar-refractivity contribution < 1.29 is 8.42 Å². The number of aromatic amines is 1. The minimum absolute atomic E-state index is 0.0580. The quantitative estimate of drug-likeness (QED) is 0.804. The maximum atomic E-state index is 11.9. The molecule has 2 aliphatic rings. The summed E-state index contributed by atoms with van der Waals surface area (Å²) in [7, 11) is -3.43. The largest absolute Gasteiger partial charge is 0.310 e. The second kappa shape index (κ2) is 5.27. The highest BCUT2D eigenvalue weighted by Crippen LogP contribution is 2.33. The zero-order chi connectivity index (χ0) is 14.2. The van der Waals surface area contributed by atoms with Crippen LogP contribution in [-0.4, -0.2) is 35.8 Å². The molecule has 1 saturated heterocycles. The smallest absolute Gasteiger partial charge is 0.279 e. The van der Waals surface area contributed by atoms with Crippen molar-refractivity contribution in [3.8, 4) is 0 Å². The number of hydrogen-bond acceptors (Lipinski definition) is 4. The Morgan fingerprint density at radius 1 is 1.35 bits per heavy atom. The number of nitrogens with one attached hydrogen (secondary N) is 2. The molecule has 7 nitrogen and oxygen atoms in total. The van der Waals surface area contributed by atoms with Gasteiger partial charge in [0.2, 0.25) is 0 Å². The van der Waals surface area contributed by atoms with Crippen molar-refractivity contribution in [1.29, 1.82) is 0 Å². The second-order valence-corrected chi connectivity index (χ2v) is 7.08. The number of H-pyrrole nitrogens is 1. The minimum Gasteiger partial charge on any atom is -0.310 e. The number of rotatable bonds is 5. The van der Waals surface area contributed by atoms with Gasteiger partial charge in [-0.3, -0.25) is 4.79 Å². The van der Waals surface area contributed by atoms with Crippen LogP contribution >= 0.6 is 0 Å². The fourth-order valence-electron chi connectivity index (χ4n) is 2.28. The van der Waals surface area contributed by atoms with E-state index in [1.54, 1.807) is 0 Å². The highest BCUT2D eigenvalue weighted by molar-refractivity contribution is 7.87. The molecule has 1 aromatic rings. The Balaban J connectivity index is 1.70. The average molecular weight is 298 g/mol. The van der Waals surface area contributed by atoms with E-state index in [9.17, 15) is 13.2 Å². The van der Waals surface area contributed by atoms with Gasteiger partial charge in [0.15, 0.2) is 0 Å². The highest BCUT2D eigenvalue weighted by Gasteiger charge is 2.27. The summed E-state index contributed by atoms with van der Waals surface area (Å²) in [6, 6.07) is 1.35. The molecule has 2 N–H and O–H groups in total. The molecule has 0 atom stereocenters. The molecule has 0 aromatic carbocycles. The van der Waals surface area contributed by atoms with Gasteiger partial charge >= 0.3 is 0 Å². The first-order chi connectivity index (χ1) is 9.54. The first-order valence-corrected chi connectivity index (χ1v) is 8.33. The van der Waals surface area contributed by atoms with Gasteiger partial charge in [-0.05, 0) is 19.3 Å². The third-order valence-electron chi connectivity index (χ3n) is 3.90. The van der Waals surface area contributed by atoms with E-state index in [1.165, 1.54) is 10.4 Å². The average Bonchev–Trinajstić information content (AvgIpc) is 2.20. The summed E-state index contributed by atoms with van der Waals surface area (Å²) in [6.07, 6.45) is 4.12. The van der Waals surface area contributed by atoms with Crippen LogP contribution in [0.15, 0.2) is 10.9 Å². The van der Waals surface area contributed by atoms with Gasteiger partial charge in [0.05, 0.1) is 12.2 Å². The van der Waals surface area contributed by atoms with E-state index in [4.69, 9.17) is 0 Å². The molecular formula is C12H18N4O3S. The van der Waals surface area contributed by atoms with Gasteiger partial charge < -0.3 is 4.98 Å². The number of hydrogen-bond donors (Lipinski definition) is 2. The summed E-state index contributed by atoms with van der Waals surface area (Å²) < 4.78 is 27.6. The molecule has 20 heavy (non-hydrogen) atoms. The van der Waals surface area contributed by atoms with Crippen molar-refractivity contribution in [2.45, 2.75) is 38.1 Å². The number of aromatic nitrogens is 2. The molecule has 0 unspecified atom stereocenters. The van der Waals surface area contributed by atoms with E-state index in [0.717, 1.165) is 25.7 Å². The Kier molecular flexibility index (Phi) is 3.61. The van der Waals surface area contributed by atoms with Gasteiger partial charge in [-0.25, -0.2) is 4.98 Å². The second-order valence-electron chi connectivity index (χ2n) is 5.33. The van der Waals surface area contributed by atoms with Gasteiger partial charge in [0.25, 0.3) is 15.8 Å². The maximum absolute atomic E-state index is 11.9. The topological polar surface area (TPSA) is 95.2 Å². The Morgan fingerprint density at radius 2 is 2.10 bits per heavy atom. The molecule has 2 heterocycles. The Hall–Kier alpha value is -1.25. The minimum atomic E-state index is -3.43. The summed E-state index contributed by atoms with van der Waals surface area (Å²) >= 11 is 0. The van der Waals surface area contributed by atoms with E-state index >= 15 is 0 Å². The van der Waals surface area contributed by atoms with Gasteiger partial charge in [0, 0.05) is 25.1 Å². The summed E-state index contributed by atoms with van der Waals surface area (Å²) in [5, 5.41) is 0. The normalized spacial score (nSPS) is 20.4. The summed E-state index contributed by atoms with van der Waals surface area (Å²) in [4.78, 5) is 18.7. The molecule has 1 aliphatic heterocycles. The van der Waals surface area contributed by atoms with Crippen molar-refractivity contribution in [1.82, 2.24) is 19.0 Å². The molecule has 0 radical (unpaired) electrons. The third-order valence-corrected chi connectivity index (χ3v) is 5.45. The lowest BCUT2D eigenvalue weighted by Crippen LogP contribution is -2.48. The maximum Gasteiger partial charge on any atom is 0.279 e. The predicted octanol–water partition coefficient (Wildman–Crippen LogP) is 0.0775. The molecule has 0 spiro atoms. The van der Waals surface area contributed by atoms with Crippen LogP contribution in [0.4, 0.5) is 0 Å². The van der Waals surface area contributed by atoms with Gasteiger partial charge in [0.1, 0.15) is 5.82 Å². The molecule has 1 aliphatic carbocycles. The van der Waals surface area contributed by atoms with Crippen molar-refractivity contribution in [3.05, 3.63) is 27.9 Å². The van der Waals surface area contributed by atoms with E-state index in [0.29, 0.717) is 30.5 Å². The molecule has 8 heteroatoms. The Morgan fingerprint density at radius 3 is 2.65 bits per heavy atom. The van der Waals surface area contributed by atoms with Crippen molar-refractivity contribution in [3.63, 3.8) is 0 Å². The summed E-state index contributed by atoms with van der Waals surface area (Å²) in [5.74, 6) is 0.997. The molecular weight excluding hydrogens is 280 g/mol. The predicted molar refractivity (Wildman–Crippen MR) is 73.4 cm³/mol. The first-order valence-electron chi connectivity index (χ1n) is 6.89. The van der Waals surface area contributed by atoms with Gasteiger partial charge in [-0.2, -0.15) is 17.4 Å². The van der Waals surface area contributed by atoms with Crippen LogP contribution in [-0.2, 0) is 16.8 Å². The Labute approximate surface area is 117 Å². The lowest BCUT2D eigenvalue weighted by molar-refractivity contribution is 0.304. The summed E-state index contributed by atoms with van der Waals surface area (Å²) in [6.45, 7) is 1.18. The molecule has 1 saturated carbocycles. The monoisotopic (exact) mass is 298 g/mol. The SMILES string of the molecule is O=c1cc(CNS(=O)(=O)N2CCC2)nc(C2CCC2)[nH]1. The zero-order valence-corrected chi connectivity index (χ0v) is 11.9. The Bertz CT molecular complexity index is 647. The van der Waals surface area contributed by atoms with Crippen LogP contribution in [0.5, 0.6) is 0 Å². The lowest BCUT2D eigenvalue weighted by Gasteiger charge is -2.29. The van der Waals surface area contributed by atoms with E-state index < -0.39 is 10.2 Å². The van der Waals surface area contributed by atoms with Gasteiger partial charge in [-0.15, -0.1) is 0 Å². The number of nitrogens with zero attached hydrogens (tertiary/aromatic N) is 2. The first kappa shape index (κ1) is 13.7. The van der Waals surface area contributed by atoms with Crippen LogP contribution in [0.1, 0.15) is 43.1 Å². The van der Waals surface area contributed by atoms with Crippen molar-refractivity contribution >= 4 is 10.2 Å². The fourth-order valence-corrected chi connectivity index (χ4v) is 3.53. The van der Waals surface area contributed by atoms with Crippen LogP contribution in [0, 0.1) is 0 Å². The fraction of sp³-hybridized carbons (Fsp3) is 0.667. The molecule has 2 fully saturated rings. The van der Waals surface area contributed by atoms with Crippen LogP contribution in [0.2, 0.25) is 0 Å². The highest BCUT2D eigenvalue weighted by atomic mass is 32.2. The molecule has 110 valence electrons. The van der Waals surface area contributed by atoms with Crippen molar-refractivity contribution in [2.24, 2.45) is 0 Å². The van der Waals surface area contributed by atoms with Crippen molar-refractivity contribution in [2.75, 3.05) is 13.1 Å². The molecule has 3 rings (SSSR count). The third kappa shape index (κ3) is 2.77. The van der Waals surface area contributed by atoms with Crippen LogP contribution < -0.4 is 10.3 Å². The zero-order valence-electron chi connectivity index (χ0n) is 11.1. The van der Waals surface area contributed by atoms with E-state index in [1.807, 2.05) is 0 Å². The molecule has 1 aromatic heterocycles. The van der Waals surface area contributed by atoms with Crippen LogP contribution in [0.25, 0.3) is 0 Å². The van der Waals surface area contributed by atoms with E-state index in [2.05, 4.69) is 14.7 Å². The standard InChI is InChI=1S/C12H18N4O3S/c17-11-7-10(14-12(15-11)9-3-1-4-9)8-13-20(18,19)16-5-2-6-16/h7,9,13H,1-6,8H2,(H,14,15,17).